The lowest BCUT2D eigenvalue weighted by Gasteiger charge is -2.17. The van der Waals surface area contributed by atoms with Crippen LogP contribution in [-0.2, 0) is 13.1 Å². The van der Waals surface area contributed by atoms with Crippen molar-refractivity contribution in [1.29, 1.82) is 0 Å². The number of aromatic nitrogens is 1. The van der Waals surface area contributed by atoms with Crippen LogP contribution in [0.1, 0.15) is 35.0 Å². The summed E-state index contributed by atoms with van der Waals surface area (Å²) in [6.07, 6.45) is 2.61. The molecule has 1 aliphatic carbocycles. The molecule has 0 saturated heterocycles. The lowest BCUT2D eigenvalue weighted by Crippen LogP contribution is -2.36. The second kappa shape index (κ2) is 8.63. The minimum absolute atomic E-state index is 0. The highest BCUT2D eigenvalue weighted by molar-refractivity contribution is 14.0. The van der Waals surface area contributed by atoms with Gasteiger partial charge in [0, 0.05) is 25.4 Å². The second-order valence-corrected chi connectivity index (χ2v) is 6.76. The second-order valence-electron chi connectivity index (χ2n) is 5.81. The Morgan fingerprint density at radius 2 is 2.04 bits per heavy atom. The van der Waals surface area contributed by atoms with Gasteiger partial charge in [-0.2, -0.15) is 0 Å². The van der Waals surface area contributed by atoms with Gasteiger partial charge in [0.05, 0.1) is 18.8 Å². The van der Waals surface area contributed by atoms with E-state index in [1.807, 2.05) is 37.2 Å². The first kappa shape index (κ1) is 18.2. The fraction of sp³-hybridized carbons (Fsp3) is 0.412. The van der Waals surface area contributed by atoms with Gasteiger partial charge in [-0.15, -0.1) is 35.3 Å². The third-order valence-electron chi connectivity index (χ3n) is 3.64. The average Bonchev–Trinajstić information content (AvgIpc) is 3.27. The molecule has 3 rings (SSSR count). The Morgan fingerprint density at radius 3 is 2.70 bits per heavy atom. The Bertz CT molecular complexity index is 635. The summed E-state index contributed by atoms with van der Waals surface area (Å²) >= 11 is 1.74. The van der Waals surface area contributed by atoms with Gasteiger partial charge in [-0.05, 0) is 18.4 Å². The van der Waals surface area contributed by atoms with Gasteiger partial charge in [-0.1, -0.05) is 30.3 Å². The smallest absolute Gasteiger partial charge is 0.194 e. The number of halogens is 1. The predicted octanol–water partition coefficient (Wildman–Crippen LogP) is 3.85. The van der Waals surface area contributed by atoms with Gasteiger partial charge in [0.25, 0.3) is 0 Å². The zero-order valence-corrected chi connectivity index (χ0v) is 16.7. The summed E-state index contributed by atoms with van der Waals surface area (Å²) in [7, 11) is 4.02. The fourth-order valence-electron chi connectivity index (χ4n) is 2.23. The van der Waals surface area contributed by atoms with Crippen LogP contribution in [0.5, 0.6) is 0 Å². The Hall–Kier alpha value is -1.15. The number of aliphatic imine (C=N–C) groups is 1. The van der Waals surface area contributed by atoms with Crippen molar-refractivity contribution >= 4 is 41.3 Å². The van der Waals surface area contributed by atoms with Crippen LogP contribution < -0.4 is 5.32 Å². The molecular formula is C17H23IN4S. The molecule has 0 unspecified atom stereocenters. The maximum atomic E-state index is 4.70. The van der Waals surface area contributed by atoms with Gasteiger partial charge in [0.15, 0.2) is 5.96 Å². The minimum atomic E-state index is 0. The van der Waals surface area contributed by atoms with Crippen molar-refractivity contribution < 1.29 is 0 Å². The molecule has 4 nitrogen and oxygen atoms in total. The third-order valence-corrected chi connectivity index (χ3v) is 4.51. The van der Waals surface area contributed by atoms with Crippen molar-refractivity contribution in [2.45, 2.75) is 31.8 Å². The van der Waals surface area contributed by atoms with Crippen molar-refractivity contribution in [2.75, 3.05) is 14.1 Å². The average molecular weight is 442 g/mol. The number of thiazole rings is 1. The van der Waals surface area contributed by atoms with E-state index in [0.29, 0.717) is 6.54 Å². The molecule has 1 heterocycles. The van der Waals surface area contributed by atoms with Crippen molar-refractivity contribution in [3.05, 3.63) is 52.0 Å². The van der Waals surface area contributed by atoms with Gasteiger partial charge in [-0.3, -0.25) is 0 Å². The summed E-state index contributed by atoms with van der Waals surface area (Å²) < 4.78 is 0. The van der Waals surface area contributed by atoms with E-state index >= 15 is 0 Å². The van der Waals surface area contributed by atoms with Crippen LogP contribution in [0, 0.1) is 0 Å². The molecule has 0 bridgehead atoms. The predicted molar refractivity (Wildman–Crippen MR) is 108 cm³/mol. The summed E-state index contributed by atoms with van der Waals surface area (Å²) in [5, 5.41) is 6.74. The lowest BCUT2D eigenvalue weighted by atomic mass is 10.2. The number of nitrogens with zero attached hydrogens (tertiary/aromatic N) is 3. The van der Waals surface area contributed by atoms with E-state index in [0.717, 1.165) is 23.4 Å². The molecular weight excluding hydrogens is 419 g/mol. The first-order valence-corrected chi connectivity index (χ1v) is 8.54. The molecule has 0 radical (unpaired) electrons. The van der Waals surface area contributed by atoms with Crippen LogP contribution in [-0.4, -0.2) is 29.9 Å². The molecule has 0 aliphatic heterocycles. The molecule has 1 aromatic heterocycles. The van der Waals surface area contributed by atoms with Gasteiger partial charge < -0.3 is 10.2 Å². The number of hydrogen-bond acceptors (Lipinski definition) is 3. The number of hydrogen-bond donors (Lipinski definition) is 1. The first-order chi connectivity index (χ1) is 10.7. The van der Waals surface area contributed by atoms with Crippen LogP contribution in [0.2, 0.25) is 0 Å². The fourth-order valence-corrected chi connectivity index (χ4v) is 3.05. The Morgan fingerprint density at radius 1 is 1.30 bits per heavy atom. The molecule has 124 valence electrons. The Labute approximate surface area is 159 Å². The highest BCUT2D eigenvalue weighted by atomic mass is 127. The lowest BCUT2D eigenvalue weighted by molar-refractivity contribution is 0.578. The highest BCUT2D eigenvalue weighted by Crippen LogP contribution is 2.40. The zero-order valence-electron chi connectivity index (χ0n) is 13.5. The van der Waals surface area contributed by atoms with Crippen molar-refractivity contribution in [3.63, 3.8) is 0 Å². The zero-order chi connectivity index (χ0) is 15.4. The molecule has 1 aromatic carbocycles. The van der Waals surface area contributed by atoms with Crippen molar-refractivity contribution in [2.24, 2.45) is 4.99 Å². The molecule has 1 N–H and O–H groups in total. The molecule has 0 atom stereocenters. The van der Waals surface area contributed by atoms with Crippen LogP contribution in [0.25, 0.3) is 0 Å². The molecule has 6 heteroatoms. The largest absolute Gasteiger partial charge is 0.350 e. The Balaban J connectivity index is 0.00000192. The van der Waals surface area contributed by atoms with Gasteiger partial charge >= 0.3 is 0 Å². The van der Waals surface area contributed by atoms with E-state index in [9.17, 15) is 0 Å². The topological polar surface area (TPSA) is 40.5 Å². The van der Waals surface area contributed by atoms with Crippen molar-refractivity contribution in [1.82, 2.24) is 15.2 Å². The standard InChI is InChI=1S/C17H22N4S.HI/c1-21(2)17(18-10-13-6-4-3-5-7-13)19-11-16-20-15(12-22-16)14-8-9-14;/h3-7,12,14H,8-11H2,1-2H3,(H,18,19);1H. The monoisotopic (exact) mass is 442 g/mol. The summed E-state index contributed by atoms with van der Waals surface area (Å²) in [5.41, 5.74) is 2.49. The number of guanidine groups is 1. The van der Waals surface area contributed by atoms with Crippen LogP contribution in [0.15, 0.2) is 40.7 Å². The normalized spacial score (nSPS) is 14.3. The molecule has 1 aliphatic rings. The maximum absolute atomic E-state index is 4.70. The van der Waals surface area contributed by atoms with Crippen LogP contribution in [0.3, 0.4) is 0 Å². The molecule has 23 heavy (non-hydrogen) atoms. The van der Waals surface area contributed by atoms with Crippen LogP contribution >= 0.6 is 35.3 Å². The SMILES string of the molecule is CN(C)C(=NCc1ccccc1)NCc1nc(C2CC2)cs1.I. The van der Waals surface area contributed by atoms with E-state index in [-0.39, 0.29) is 24.0 Å². The molecule has 2 aromatic rings. The van der Waals surface area contributed by atoms with E-state index in [1.54, 1.807) is 11.3 Å². The quantitative estimate of drug-likeness (QED) is 0.435. The summed E-state index contributed by atoms with van der Waals surface area (Å²) in [4.78, 5) is 11.4. The van der Waals surface area contributed by atoms with E-state index in [4.69, 9.17) is 4.98 Å². The third kappa shape index (κ3) is 5.46. The number of nitrogens with one attached hydrogen (secondary N) is 1. The highest BCUT2D eigenvalue weighted by Gasteiger charge is 2.25. The van der Waals surface area contributed by atoms with Gasteiger partial charge in [0.1, 0.15) is 5.01 Å². The minimum Gasteiger partial charge on any atom is -0.350 e. The van der Waals surface area contributed by atoms with Gasteiger partial charge in [0.2, 0.25) is 0 Å². The first-order valence-electron chi connectivity index (χ1n) is 7.66. The van der Waals surface area contributed by atoms with Crippen molar-refractivity contribution in [3.8, 4) is 0 Å². The number of benzene rings is 1. The summed E-state index contributed by atoms with van der Waals surface area (Å²) in [5.74, 6) is 1.62. The maximum Gasteiger partial charge on any atom is 0.194 e. The molecule has 1 fully saturated rings. The molecule has 1 saturated carbocycles. The van der Waals surface area contributed by atoms with E-state index < -0.39 is 0 Å². The number of rotatable bonds is 5. The van der Waals surface area contributed by atoms with Gasteiger partial charge in [-0.25, -0.2) is 9.98 Å². The molecule has 0 amide bonds. The summed E-state index contributed by atoms with van der Waals surface area (Å²) in [6, 6.07) is 10.3. The van der Waals surface area contributed by atoms with E-state index in [2.05, 4.69) is 27.8 Å². The van der Waals surface area contributed by atoms with Crippen LogP contribution in [0.4, 0.5) is 0 Å². The van der Waals surface area contributed by atoms with E-state index in [1.165, 1.54) is 24.1 Å². The summed E-state index contributed by atoms with van der Waals surface area (Å²) in [6.45, 7) is 1.43. The Kier molecular flexibility index (Phi) is 6.83. The molecule has 0 spiro atoms.